The molecule has 1 amide bonds. The van der Waals surface area contributed by atoms with Crippen LogP contribution in [-0.2, 0) is 4.74 Å². The van der Waals surface area contributed by atoms with Crippen LogP contribution in [0.3, 0.4) is 0 Å². The number of aliphatic hydroxyl groups excluding tert-OH is 1. The molecule has 0 saturated carbocycles. The van der Waals surface area contributed by atoms with Crippen LogP contribution in [0.1, 0.15) is 27.7 Å². The number of anilines is 2. The zero-order chi connectivity index (χ0) is 19.8. The van der Waals surface area contributed by atoms with Crippen molar-refractivity contribution in [3.63, 3.8) is 0 Å². The van der Waals surface area contributed by atoms with Gasteiger partial charge >= 0.3 is 6.09 Å². The Balaban J connectivity index is 1.52. The molecule has 0 spiro atoms. The minimum absolute atomic E-state index is 0.226. The average molecular weight is 377 g/mol. The highest BCUT2D eigenvalue weighted by atomic mass is 16.6. The van der Waals surface area contributed by atoms with Crippen molar-refractivity contribution in [1.82, 2.24) is 14.9 Å². The summed E-state index contributed by atoms with van der Waals surface area (Å²) in [7, 11) is 2.00. The Kier molecular flexibility index (Phi) is 5.46. The largest absolute Gasteiger partial charge is 0.444 e. The normalized spacial score (nSPS) is 23.3. The van der Waals surface area contributed by atoms with Crippen molar-refractivity contribution in [2.75, 3.05) is 49.6 Å². The summed E-state index contributed by atoms with van der Waals surface area (Å²) in [6.45, 7) is 11.2. The van der Waals surface area contributed by atoms with Crippen LogP contribution in [0.4, 0.5) is 16.6 Å². The van der Waals surface area contributed by atoms with Gasteiger partial charge in [0.05, 0.1) is 6.10 Å². The van der Waals surface area contributed by atoms with Gasteiger partial charge in [-0.2, -0.15) is 4.98 Å². The van der Waals surface area contributed by atoms with Gasteiger partial charge in [-0.05, 0) is 26.8 Å². The molecule has 27 heavy (non-hydrogen) atoms. The molecule has 0 aliphatic carbocycles. The predicted octanol–water partition coefficient (Wildman–Crippen LogP) is 1.60. The van der Waals surface area contributed by atoms with Crippen molar-refractivity contribution in [2.45, 2.75) is 39.4 Å². The van der Waals surface area contributed by atoms with Gasteiger partial charge in [0, 0.05) is 57.8 Å². The topological polar surface area (TPSA) is 82.0 Å². The van der Waals surface area contributed by atoms with E-state index in [4.69, 9.17) is 4.74 Å². The molecule has 2 atom stereocenters. The lowest BCUT2D eigenvalue weighted by Gasteiger charge is -2.41. The molecule has 150 valence electrons. The number of carbonyl (C=O) groups is 1. The highest BCUT2D eigenvalue weighted by Crippen LogP contribution is 2.24. The summed E-state index contributed by atoms with van der Waals surface area (Å²) < 4.78 is 5.40. The average Bonchev–Trinajstić information content (AvgIpc) is 2.88. The molecule has 3 heterocycles. The van der Waals surface area contributed by atoms with E-state index in [0.29, 0.717) is 31.5 Å². The summed E-state index contributed by atoms with van der Waals surface area (Å²) in [5.74, 6) is 2.13. The molecule has 2 aliphatic rings. The van der Waals surface area contributed by atoms with Crippen LogP contribution in [0.15, 0.2) is 12.3 Å². The smallest absolute Gasteiger partial charge is 0.410 e. The highest BCUT2D eigenvalue weighted by Gasteiger charge is 2.34. The van der Waals surface area contributed by atoms with Gasteiger partial charge in [0.1, 0.15) is 11.4 Å². The Morgan fingerprint density at radius 3 is 2.63 bits per heavy atom. The Bertz CT molecular complexity index is 662. The lowest BCUT2D eigenvalue weighted by Crippen LogP contribution is -2.54. The quantitative estimate of drug-likeness (QED) is 0.853. The maximum absolute atomic E-state index is 12.0. The third-order valence-electron chi connectivity index (χ3n) is 5.02. The molecular weight excluding hydrogens is 346 g/mol. The molecule has 3 rings (SSSR count). The van der Waals surface area contributed by atoms with Crippen molar-refractivity contribution < 1.29 is 14.6 Å². The van der Waals surface area contributed by atoms with Crippen LogP contribution < -0.4 is 9.80 Å². The fourth-order valence-electron chi connectivity index (χ4n) is 3.46. The lowest BCUT2D eigenvalue weighted by atomic mass is 10.0. The number of carbonyl (C=O) groups excluding carboxylic acids is 1. The van der Waals surface area contributed by atoms with Gasteiger partial charge in [-0.1, -0.05) is 6.92 Å². The fraction of sp³-hybridized carbons (Fsp3) is 0.737. The first-order chi connectivity index (χ1) is 12.6. The molecule has 2 saturated heterocycles. The van der Waals surface area contributed by atoms with Gasteiger partial charge in [0.2, 0.25) is 5.95 Å². The van der Waals surface area contributed by atoms with Crippen molar-refractivity contribution in [3.05, 3.63) is 12.3 Å². The van der Waals surface area contributed by atoms with Gasteiger partial charge < -0.3 is 24.5 Å². The second-order valence-corrected chi connectivity index (χ2v) is 8.80. The van der Waals surface area contributed by atoms with E-state index in [1.54, 1.807) is 11.1 Å². The van der Waals surface area contributed by atoms with E-state index < -0.39 is 5.60 Å². The van der Waals surface area contributed by atoms with Gasteiger partial charge in [0.25, 0.3) is 0 Å². The number of aliphatic hydroxyl groups is 1. The van der Waals surface area contributed by atoms with Crippen LogP contribution in [0.5, 0.6) is 0 Å². The molecule has 2 unspecified atom stereocenters. The molecule has 2 fully saturated rings. The van der Waals surface area contributed by atoms with E-state index in [9.17, 15) is 9.90 Å². The first-order valence-corrected chi connectivity index (χ1v) is 9.57. The minimum atomic E-state index is -0.461. The van der Waals surface area contributed by atoms with E-state index in [2.05, 4.69) is 14.9 Å². The monoisotopic (exact) mass is 377 g/mol. The van der Waals surface area contributed by atoms with Crippen LogP contribution in [-0.4, -0.2) is 77.5 Å². The Morgan fingerprint density at radius 2 is 2.04 bits per heavy atom. The van der Waals surface area contributed by atoms with Crippen molar-refractivity contribution in [2.24, 2.45) is 11.8 Å². The minimum Gasteiger partial charge on any atom is -0.444 e. The highest BCUT2D eigenvalue weighted by molar-refractivity contribution is 5.69. The Hall–Kier alpha value is -2.09. The van der Waals surface area contributed by atoms with Crippen LogP contribution >= 0.6 is 0 Å². The molecule has 2 aliphatic heterocycles. The number of β-amino-alcohol motifs (C(OH)–C–C–N with tert-alkyl or cyclic N) is 1. The molecule has 1 N–H and O–H groups in total. The fourth-order valence-corrected chi connectivity index (χ4v) is 3.46. The van der Waals surface area contributed by atoms with Crippen molar-refractivity contribution in [1.29, 1.82) is 0 Å². The predicted molar refractivity (Wildman–Crippen MR) is 104 cm³/mol. The number of nitrogens with zero attached hydrogens (tertiary/aromatic N) is 5. The van der Waals surface area contributed by atoms with E-state index in [1.807, 2.05) is 45.7 Å². The molecule has 8 heteroatoms. The lowest BCUT2D eigenvalue weighted by molar-refractivity contribution is 0.000176. The Labute approximate surface area is 161 Å². The maximum Gasteiger partial charge on any atom is 0.410 e. The number of amides is 1. The zero-order valence-electron chi connectivity index (χ0n) is 16.9. The van der Waals surface area contributed by atoms with Crippen LogP contribution in [0, 0.1) is 11.8 Å². The van der Waals surface area contributed by atoms with Gasteiger partial charge in [-0.3, -0.25) is 0 Å². The van der Waals surface area contributed by atoms with Gasteiger partial charge in [-0.15, -0.1) is 0 Å². The van der Waals surface area contributed by atoms with Crippen molar-refractivity contribution >= 4 is 17.9 Å². The molecule has 0 aromatic carbocycles. The Morgan fingerprint density at radius 1 is 1.33 bits per heavy atom. The first-order valence-electron chi connectivity index (χ1n) is 9.57. The van der Waals surface area contributed by atoms with Crippen LogP contribution in [0.2, 0.25) is 0 Å². The molecular formula is C19H31N5O3. The summed E-state index contributed by atoms with van der Waals surface area (Å²) in [4.78, 5) is 26.9. The van der Waals surface area contributed by atoms with E-state index in [0.717, 1.165) is 18.9 Å². The van der Waals surface area contributed by atoms with Gasteiger partial charge in [0.15, 0.2) is 0 Å². The number of aromatic nitrogens is 2. The summed E-state index contributed by atoms with van der Waals surface area (Å²) in [6, 6.07) is 1.89. The number of likely N-dealkylation sites (tertiary alicyclic amines) is 1. The summed E-state index contributed by atoms with van der Waals surface area (Å²) in [5, 5.41) is 9.96. The molecule has 8 nitrogen and oxygen atoms in total. The summed E-state index contributed by atoms with van der Waals surface area (Å²) in [5.41, 5.74) is -0.461. The van der Waals surface area contributed by atoms with E-state index in [1.165, 1.54) is 0 Å². The number of hydrogen-bond acceptors (Lipinski definition) is 7. The molecule has 1 aromatic rings. The van der Waals surface area contributed by atoms with E-state index in [-0.39, 0.29) is 18.1 Å². The summed E-state index contributed by atoms with van der Waals surface area (Å²) in [6.07, 6.45) is 1.19. The standard InChI is InChI=1S/C19H31N5O3/c1-13-8-23(12-15(13)25)17-20-7-6-16(21-17)22(5)9-14-10-24(11-14)18(26)27-19(2,3)4/h6-7,13-15,25H,8-12H2,1-5H3. The maximum atomic E-state index is 12.0. The number of hydrogen-bond donors (Lipinski definition) is 1. The SMILES string of the molecule is CC1CN(c2nccc(N(C)CC3CN(C(=O)OC(C)(C)C)C3)n2)CC1O. The second kappa shape index (κ2) is 7.50. The molecule has 0 bridgehead atoms. The molecule has 0 radical (unpaired) electrons. The zero-order valence-corrected chi connectivity index (χ0v) is 16.9. The summed E-state index contributed by atoms with van der Waals surface area (Å²) >= 11 is 0. The van der Waals surface area contributed by atoms with Gasteiger partial charge in [-0.25, -0.2) is 9.78 Å². The third kappa shape index (κ3) is 4.80. The first kappa shape index (κ1) is 19.7. The van der Waals surface area contributed by atoms with Crippen molar-refractivity contribution in [3.8, 4) is 0 Å². The number of rotatable bonds is 4. The number of ether oxygens (including phenoxy) is 1. The third-order valence-corrected chi connectivity index (χ3v) is 5.02. The second-order valence-electron chi connectivity index (χ2n) is 8.80. The van der Waals surface area contributed by atoms with Crippen LogP contribution in [0.25, 0.3) is 0 Å². The van der Waals surface area contributed by atoms with E-state index >= 15 is 0 Å². The molecule has 1 aromatic heterocycles.